The first kappa shape index (κ1) is 15.6. The number of hydrogen-bond acceptors (Lipinski definition) is 4. The van der Waals surface area contributed by atoms with Gasteiger partial charge in [-0.15, -0.1) is 11.6 Å². The maximum absolute atomic E-state index is 12.2. The van der Waals surface area contributed by atoms with Gasteiger partial charge in [0.15, 0.2) is 0 Å². The molecule has 2 aromatic rings. The Labute approximate surface area is 128 Å². The summed E-state index contributed by atoms with van der Waals surface area (Å²) in [5.74, 6) is 1.23. The zero-order valence-corrected chi connectivity index (χ0v) is 13.3. The van der Waals surface area contributed by atoms with Crippen LogP contribution in [0.2, 0.25) is 0 Å². The fraction of sp³-hybridized carbons (Fsp3) is 0.467. The molecule has 0 radical (unpaired) electrons. The summed E-state index contributed by atoms with van der Waals surface area (Å²) in [4.78, 5) is 16.7. The van der Waals surface area contributed by atoms with Crippen LogP contribution < -0.4 is 4.74 Å². The average Bonchev–Trinajstić information content (AvgIpc) is 2.85. The van der Waals surface area contributed by atoms with Crippen molar-refractivity contribution < 1.29 is 14.3 Å². The first-order valence-electron chi connectivity index (χ1n) is 6.72. The number of carbonyl (C=O) groups excluding carboxylic acids is 1. The first-order chi connectivity index (χ1) is 10.0. The third-order valence-corrected chi connectivity index (χ3v) is 3.69. The highest BCUT2D eigenvalue weighted by Crippen LogP contribution is 2.32. The summed E-state index contributed by atoms with van der Waals surface area (Å²) in [6, 6.07) is 5.13. The van der Waals surface area contributed by atoms with E-state index in [9.17, 15) is 4.79 Å². The third-order valence-electron chi connectivity index (χ3n) is 3.45. The molecule has 2 rings (SSSR count). The minimum absolute atomic E-state index is 0.0445. The van der Waals surface area contributed by atoms with Gasteiger partial charge in [-0.1, -0.05) is 19.9 Å². The van der Waals surface area contributed by atoms with Gasteiger partial charge in [-0.25, -0.2) is 9.78 Å². The summed E-state index contributed by atoms with van der Waals surface area (Å²) in [7, 11) is 2.98. The number of aromatic nitrogens is 2. The van der Waals surface area contributed by atoms with Crippen molar-refractivity contribution in [2.75, 3.05) is 14.2 Å². The van der Waals surface area contributed by atoms with Crippen LogP contribution in [0.15, 0.2) is 18.2 Å². The molecule has 114 valence electrons. The quantitative estimate of drug-likeness (QED) is 0.629. The van der Waals surface area contributed by atoms with Crippen LogP contribution >= 0.6 is 11.6 Å². The van der Waals surface area contributed by atoms with E-state index in [1.165, 1.54) is 7.11 Å². The molecule has 21 heavy (non-hydrogen) atoms. The zero-order chi connectivity index (χ0) is 15.6. The van der Waals surface area contributed by atoms with E-state index in [1.807, 2.05) is 36.6 Å². The van der Waals surface area contributed by atoms with E-state index in [0.29, 0.717) is 17.1 Å². The monoisotopic (exact) mass is 310 g/mol. The molecule has 5 nitrogen and oxygen atoms in total. The molecular formula is C15H19ClN2O3. The molecule has 0 N–H and O–H groups in total. The molecule has 0 bridgehead atoms. The van der Waals surface area contributed by atoms with Gasteiger partial charge in [-0.05, 0) is 18.1 Å². The number of alkyl halides is 1. The normalized spacial score (nSPS) is 12.7. The number of rotatable bonds is 5. The maximum Gasteiger partial charge on any atom is 0.329 e. The van der Waals surface area contributed by atoms with Crippen LogP contribution in [-0.2, 0) is 15.4 Å². The largest absolute Gasteiger partial charge is 0.494 e. The van der Waals surface area contributed by atoms with Gasteiger partial charge < -0.3 is 14.0 Å². The lowest BCUT2D eigenvalue weighted by molar-refractivity contribution is -0.145. The van der Waals surface area contributed by atoms with E-state index in [1.54, 1.807) is 7.11 Å². The Morgan fingerprint density at radius 3 is 2.62 bits per heavy atom. The molecule has 0 fully saturated rings. The summed E-state index contributed by atoms with van der Waals surface area (Å²) < 4.78 is 12.1. The summed E-state index contributed by atoms with van der Waals surface area (Å²) in [5, 5.41) is 0. The number of imidazole rings is 1. The molecule has 6 heteroatoms. The lowest BCUT2D eigenvalue weighted by atomic mass is 10.0. The second kappa shape index (κ2) is 6.35. The molecule has 0 aliphatic rings. The standard InChI is InChI=1S/C15H19ClN2O3/c1-9(2)14(15(19)21-4)18-10-6-5-7-11(20-3)13(10)17-12(18)8-16/h5-7,9,14H,8H2,1-4H3. The van der Waals surface area contributed by atoms with Gasteiger partial charge in [0.1, 0.15) is 23.1 Å². The molecule has 0 spiro atoms. The van der Waals surface area contributed by atoms with Crippen molar-refractivity contribution >= 4 is 28.6 Å². The Morgan fingerprint density at radius 1 is 1.38 bits per heavy atom. The highest BCUT2D eigenvalue weighted by atomic mass is 35.5. The van der Waals surface area contributed by atoms with Gasteiger partial charge in [0.25, 0.3) is 0 Å². The summed E-state index contributed by atoms with van der Waals surface area (Å²) in [5.41, 5.74) is 1.51. The minimum atomic E-state index is -0.471. The van der Waals surface area contributed by atoms with Crippen molar-refractivity contribution in [3.05, 3.63) is 24.0 Å². The molecule has 1 aromatic heterocycles. The van der Waals surface area contributed by atoms with E-state index in [-0.39, 0.29) is 17.8 Å². The van der Waals surface area contributed by atoms with Gasteiger partial charge in [0.2, 0.25) is 0 Å². The first-order valence-corrected chi connectivity index (χ1v) is 7.26. The molecule has 1 aromatic carbocycles. The van der Waals surface area contributed by atoms with Crippen LogP contribution in [0.3, 0.4) is 0 Å². The smallest absolute Gasteiger partial charge is 0.329 e. The van der Waals surface area contributed by atoms with E-state index >= 15 is 0 Å². The molecule has 0 saturated carbocycles. The highest BCUT2D eigenvalue weighted by Gasteiger charge is 2.29. The highest BCUT2D eigenvalue weighted by molar-refractivity contribution is 6.17. The summed E-state index contributed by atoms with van der Waals surface area (Å²) in [6.45, 7) is 3.93. The van der Waals surface area contributed by atoms with Crippen molar-refractivity contribution in [3.63, 3.8) is 0 Å². The van der Waals surface area contributed by atoms with Crippen LogP contribution in [0.4, 0.5) is 0 Å². The second-order valence-corrected chi connectivity index (χ2v) is 5.34. The topological polar surface area (TPSA) is 53.4 Å². The molecule has 0 amide bonds. The SMILES string of the molecule is COC(=O)C(C(C)C)n1c(CCl)nc2c(OC)cccc21. The van der Waals surface area contributed by atoms with Crippen molar-refractivity contribution in [2.45, 2.75) is 25.8 Å². The fourth-order valence-electron chi connectivity index (χ4n) is 2.51. The van der Waals surface area contributed by atoms with Gasteiger partial charge in [-0.3, -0.25) is 0 Å². The van der Waals surface area contributed by atoms with Crippen molar-refractivity contribution in [3.8, 4) is 5.75 Å². The number of ether oxygens (including phenoxy) is 2. The van der Waals surface area contributed by atoms with E-state index in [2.05, 4.69) is 4.98 Å². The van der Waals surface area contributed by atoms with Gasteiger partial charge in [0, 0.05) is 0 Å². The Bertz CT molecular complexity index is 652. The number of fused-ring (bicyclic) bond motifs is 1. The van der Waals surface area contributed by atoms with Crippen LogP contribution in [0.5, 0.6) is 5.75 Å². The second-order valence-electron chi connectivity index (χ2n) is 5.07. The van der Waals surface area contributed by atoms with Crippen LogP contribution in [0.1, 0.15) is 25.7 Å². The number of esters is 1. The number of halogens is 1. The Morgan fingerprint density at radius 2 is 2.10 bits per heavy atom. The summed E-state index contributed by atoms with van der Waals surface area (Å²) >= 11 is 6.02. The Balaban J connectivity index is 2.74. The number of methoxy groups -OCH3 is 2. The van der Waals surface area contributed by atoms with Crippen LogP contribution in [0, 0.1) is 5.92 Å². The van der Waals surface area contributed by atoms with Gasteiger partial charge in [-0.2, -0.15) is 0 Å². The third kappa shape index (κ3) is 2.70. The molecule has 1 atom stereocenters. The molecule has 1 heterocycles. The number of nitrogens with zero attached hydrogens (tertiary/aromatic N) is 2. The van der Waals surface area contributed by atoms with E-state index < -0.39 is 6.04 Å². The Hall–Kier alpha value is -1.75. The van der Waals surface area contributed by atoms with E-state index in [4.69, 9.17) is 21.1 Å². The molecule has 0 aliphatic heterocycles. The molecular weight excluding hydrogens is 292 g/mol. The molecule has 0 saturated heterocycles. The van der Waals surface area contributed by atoms with Crippen LogP contribution in [0.25, 0.3) is 11.0 Å². The van der Waals surface area contributed by atoms with Crippen molar-refractivity contribution in [1.82, 2.24) is 9.55 Å². The average molecular weight is 311 g/mol. The number of hydrogen-bond donors (Lipinski definition) is 0. The van der Waals surface area contributed by atoms with Gasteiger partial charge >= 0.3 is 5.97 Å². The number of benzene rings is 1. The number of para-hydroxylation sites is 1. The van der Waals surface area contributed by atoms with Crippen LogP contribution in [-0.4, -0.2) is 29.7 Å². The summed E-state index contributed by atoms with van der Waals surface area (Å²) in [6.07, 6.45) is 0. The van der Waals surface area contributed by atoms with Crippen molar-refractivity contribution in [2.24, 2.45) is 5.92 Å². The molecule has 1 unspecified atom stereocenters. The lowest BCUT2D eigenvalue weighted by Gasteiger charge is -2.22. The fourth-order valence-corrected chi connectivity index (χ4v) is 2.69. The van der Waals surface area contributed by atoms with E-state index in [0.717, 1.165) is 5.52 Å². The predicted molar refractivity (Wildman–Crippen MR) is 81.7 cm³/mol. The maximum atomic E-state index is 12.2. The Kier molecular flexibility index (Phi) is 4.73. The lowest BCUT2D eigenvalue weighted by Crippen LogP contribution is -2.27. The number of carbonyl (C=O) groups is 1. The molecule has 0 aliphatic carbocycles. The predicted octanol–water partition coefficient (Wildman–Crippen LogP) is 3.15. The van der Waals surface area contributed by atoms with Crippen molar-refractivity contribution in [1.29, 1.82) is 0 Å². The zero-order valence-electron chi connectivity index (χ0n) is 12.6. The minimum Gasteiger partial charge on any atom is -0.494 e. The van der Waals surface area contributed by atoms with Gasteiger partial charge in [0.05, 0.1) is 25.6 Å².